The molecule has 0 aromatic heterocycles. The van der Waals surface area contributed by atoms with Gasteiger partial charge in [-0.25, -0.2) is 0 Å². The van der Waals surface area contributed by atoms with Crippen molar-refractivity contribution in [2.75, 3.05) is 19.7 Å². The average Bonchev–Trinajstić information content (AvgIpc) is 3.09. The number of hydrogen-bond donors (Lipinski definition) is 2. The van der Waals surface area contributed by atoms with Crippen molar-refractivity contribution in [1.29, 1.82) is 0 Å². The second-order valence-corrected chi connectivity index (χ2v) is 6.09. The molecule has 0 heterocycles. The molecule has 0 saturated heterocycles. The molecule has 1 unspecified atom stereocenters. The zero-order valence-corrected chi connectivity index (χ0v) is 10.5. The highest BCUT2D eigenvalue weighted by atomic mass is 16.3. The molecule has 3 nitrogen and oxygen atoms in total. The van der Waals surface area contributed by atoms with E-state index < -0.39 is 0 Å². The zero-order valence-electron chi connectivity index (χ0n) is 10.5. The minimum absolute atomic E-state index is 0.0963. The Kier molecular flexibility index (Phi) is 3.88. The summed E-state index contributed by atoms with van der Waals surface area (Å²) in [5.74, 6) is 0.989. The molecule has 0 aromatic rings. The zero-order chi connectivity index (χ0) is 11.6. The van der Waals surface area contributed by atoms with Gasteiger partial charge in [0.15, 0.2) is 0 Å². The molecule has 0 aromatic carbocycles. The van der Waals surface area contributed by atoms with Gasteiger partial charge in [-0.3, -0.25) is 0 Å². The first kappa shape index (κ1) is 12.3. The molecule has 2 fully saturated rings. The fourth-order valence-corrected chi connectivity index (χ4v) is 2.26. The highest BCUT2D eigenvalue weighted by Gasteiger charge is 2.33. The molecular formula is C13H26N2O. The number of aliphatic hydroxyl groups is 1. The van der Waals surface area contributed by atoms with Crippen LogP contribution in [0.4, 0.5) is 0 Å². The van der Waals surface area contributed by atoms with Gasteiger partial charge in [-0.1, -0.05) is 0 Å². The standard InChI is InChI=1S/C13H26N2O/c1-13(14,10-16)7-2-8-15(12-5-6-12)9-11-3-4-11/h11-12,16H,2-10,14H2,1H3. The van der Waals surface area contributed by atoms with Crippen LogP contribution in [0.1, 0.15) is 45.4 Å². The van der Waals surface area contributed by atoms with Crippen LogP contribution in [-0.4, -0.2) is 41.3 Å². The van der Waals surface area contributed by atoms with Crippen molar-refractivity contribution in [2.45, 2.75) is 57.0 Å². The number of hydrogen-bond acceptors (Lipinski definition) is 3. The highest BCUT2D eigenvalue weighted by Crippen LogP contribution is 2.34. The molecule has 2 saturated carbocycles. The molecule has 16 heavy (non-hydrogen) atoms. The number of aliphatic hydroxyl groups excluding tert-OH is 1. The molecule has 1 atom stereocenters. The first-order valence-electron chi connectivity index (χ1n) is 6.74. The Bertz CT molecular complexity index is 222. The highest BCUT2D eigenvalue weighted by molar-refractivity contribution is 4.89. The van der Waals surface area contributed by atoms with Crippen molar-refractivity contribution in [3.8, 4) is 0 Å². The van der Waals surface area contributed by atoms with Gasteiger partial charge in [0.05, 0.1) is 6.61 Å². The van der Waals surface area contributed by atoms with E-state index >= 15 is 0 Å². The average molecular weight is 226 g/mol. The van der Waals surface area contributed by atoms with Crippen molar-refractivity contribution >= 4 is 0 Å². The Morgan fingerprint density at radius 2 is 2.00 bits per heavy atom. The van der Waals surface area contributed by atoms with Crippen molar-refractivity contribution in [1.82, 2.24) is 4.90 Å². The summed E-state index contributed by atoms with van der Waals surface area (Å²) in [6.07, 6.45) is 7.72. The Labute approximate surface area is 99.0 Å². The maximum absolute atomic E-state index is 9.10. The lowest BCUT2D eigenvalue weighted by Crippen LogP contribution is -2.41. The smallest absolute Gasteiger partial charge is 0.0608 e. The Hall–Kier alpha value is -0.120. The summed E-state index contributed by atoms with van der Waals surface area (Å²) in [4.78, 5) is 2.66. The lowest BCUT2D eigenvalue weighted by Gasteiger charge is -2.25. The van der Waals surface area contributed by atoms with Crippen LogP contribution in [0.2, 0.25) is 0 Å². The molecule has 2 rings (SSSR count). The summed E-state index contributed by atoms with van der Waals surface area (Å²) in [6, 6.07) is 0.874. The van der Waals surface area contributed by atoms with Crippen LogP contribution in [0, 0.1) is 5.92 Å². The third-order valence-electron chi connectivity index (χ3n) is 3.81. The van der Waals surface area contributed by atoms with Crippen LogP contribution < -0.4 is 5.73 Å². The van der Waals surface area contributed by atoms with Crippen molar-refractivity contribution in [3.05, 3.63) is 0 Å². The van der Waals surface area contributed by atoms with E-state index in [1.54, 1.807) is 0 Å². The van der Waals surface area contributed by atoms with E-state index in [0.717, 1.165) is 24.8 Å². The lowest BCUT2D eigenvalue weighted by atomic mass is 9.98. The molecule has 3 heteroatoms. The third kappa shape index (κ3) is 4.04. The van der Waals surface area contributed by atoms with E-state index in [1.165, 1.54) is 38.8 Å². The molecule has 3 N–H and O–H groups in total. The molecule has 0 aliphatic heterocycles. The van der Waals surface area contributed by atoms with Gasteiger partial charge >= 0.3 is 0 Å². The van der Waals surface area contributed by atoms with Crippen LogP contribution in [0.15, 0.2) is 0 Å². The molecule has 0 radical (unpaired) electrons. The fraction of sp³-hybridized carbons (Fsp3) is 1.00. The molecule has 2 aliphatic carbocycles. The van der Waals surface area contributed by atoms with Crippen LogP contribution in [0.3, 0.4) is 0 Å². The molecule has 0 spiro atoms. The lowest BCUT2D eigenvalue weighted by molar-refractivity contribution is 0.184. The summed E-state index contributed by atoms with van der Waals surface area (Å²) in [5.41, 5.74) is 5.56. The summed E-state index contributed by atoms with van der Waals surface area (Å²) in [5, 5.41) is 9.10. The van der Waals surface area contributed by atoms with Gasteiger partial charge in [-0.2, -0.15) is 0 Å². The Balaban J connectivity index is 1.65. The maximum atomic E-state index is 9.10. The Morgan fingerprint density at radius 1 is 1.31 bits per heavy atom. The summed E-state index contributed by atoms with van der Waals surface area (Å²) in [6.45, 7) is 4.52. The predicted octanol–water partition coefficient (Wildman–Crippen LogP) is 1.35. The van der Waals surface area contributed by atoms with E-state index in [4.69, 9.17) is 10.8 Å². The van der Waals surface area contributed by atoms with Crippen LogP contribution in [-0.2, 0) is 0 Å². The molecule has 0 amide bonds. The number of rotatable bonds is 8. The second-order valence-electron chi connectivity index (χ2n) is 6.09. The van der Waals surface area contributed by atoms with E-state index in [-0.39, 0.29) is 12.1 Å². The first-order chi connectivity index (χ1) is 7.61. The van der Waals surface area contributed by atoms with E-state index in [2.05, 4.69) is 4.90 Å². The van der Waals surface area contributed by atoms with Crippen LogP contribution in [0.5, 0.6) is 0 Å². The van der Waals surface area contributed by atoms with Crippen molar-refractivity contribution < 1.29 is 5.11 Å². The first-order valence-corrected chi connectivity index (χ1v) is 6.74. The van der Waals surface area contributed by atoms with Gasteiger partial charge in [-0.15, -0.1) is 0 Å². The number of nitrogens with two attached hydrogens (primary N) is 1. The monoisotopic (exact) mass is 226 g/mol. The predicted molar refractivity (Wildman–Crippen MR) is 66.2 cm³/mol. The minimum Gasteiger partial charge on any atom is -0.394 e. The van der Waals surface area contributed by atoms with Gasteiger partial charge in [0.1, 0.15) is 0 Å². The van der Waals surface area contributed by atoms with Crippen LogP contribution >= 0.6 is 0 Å². The molecule has 0 bridgehead atoms. The van der Waals surface area contributed by atoms with Crippen molar-refractivity contribution in [3.63, 3.8) is 0 Å². The second kappa shape index (κ2) is 5.03. The molecule has 2 aliphatic rings. The normalized spacial score (nSPS) is 24.8. The maximum Gasteiger partial charge on any atom is 0.0608 e. The van der Waals surface area contributed by atoms with Crippen molar-refractivity contribution in [2.24, 2.45) is 11.7 Å². The quantitative estimate of drug-likeness (QED) is 0.657. The Morgan fingerprint density at radius 3 is 2.50 bits per heavy atom. The number of nitrogens with zero attached hydrogens (tertiary/aromatic N) is 1. The van der Waals surface area contributed by atoms with Crippen LogP contribution in [0.25, 0.3) is 0 Å². The minimum atomic E-state index is -0.380. The third-order valence-corrected chi connectivity index (χ3v) is 3.81. The summed E-state index contributed by atoms with van der Waals surface area (Å²) in [7, 11) is 0. The van der Waals surface area contributed by atoms with Gasteiger partial charge in [-0.05, 0) is 57.9 Å². The fourth-order valence-electron chi connectivity index (χ4n) is 2.26. The molecule has 94 valence electrons. The summed E-state index contributed by atoms with van der Waals surface area (Å²) < 4.78 is 0. The van der Waals surface area contributed by atoms with Gasteiger partial charge in [0.2, 0.25) is 0 Å². The van der Waals surface area contributed by atoms with E-state index in [1.807, 2.05) is 6.92 Å². The topological polar surface area (TPSA) is 49.5 Å². The van der Waals surface area contributed by atoms with E-state index in [0.29, 0.717) is 0 Å². The van der Waals surface area contributed by atoms with E-state index in [9.17, 15) is 0 Å². The molecular weight excluding hydrogens is 200 g/mol. The summed E-state index contributed by atoms with van der Waals surface area (Å²) >= 11 is 0. The SMILES string of the molecule is CC(N)(CO)CCCN(CC1CC1)C1CC1. The van der Waals surface area contributed by atoms with Gasteiger partial charge < -0.3 is 15.7 Å². The largest absolute Gasteiger partial charge is 0.394 e. The van der Waals surface area contributed by atoms with Gasteiger partial charge in [0.25, 0.3) is 0 Å². The van der Waals surface area contributed by atoms with Gasteiger partial charge in [0, 0.05) is 18.1 Å².